The third kappa shape index (κ3) is 11.4. The number of imide groups is 1. The van der Waals surface area contributed by atoms with E-state index in [9.17, 15) is 19.2 Å². The van der Waals surface area contributed by atoms with E-state index in [4.69, 9.17) is 32.1 Å². The fourth-order valence-electron chi connectivity index (χ4n) is 3.34. The summed E-state index contributed by atoms with van der Waals surface area (Å²) in [5, 5.41) is 10.8. The van der Waals surface area contributed by atoms with Crippen LogP contribution in [-0.4, -0.2) is 62.1 Å². The van der Waals surface area contributed by atoms with Gasteiger partial charge in [-0.2, -0.15) is 8.42 Å². The Balaban J connectivity index is 0.000000976. The van der Waals surface area contributed by atoms with Crippen LogP contribution < -0.4 is 10.1 Å². The topological polar surface area (TPSA) is 206 Å². The SMILES string of the molecule is CCc1ccc([C@@H](COc2ccc(CC3(C)SC(=O)NC3=O)cc2)OC(=O)CCC(=O)O)cn1.O=S(=O)(O)O. The number of pyridine rings is 1. The molecule has 1 aliphatic heterocycles. The summed E-state index contributed by atoms with van der Waals surface area (Å²) < 4.78 is 42.0. The van der Waals surface area contributed by atoms with E-state index in [0.717, 1.165) is 29.4 Å². The van der Waals surface area contributed by atoms with Crippen molar-refractivity contribution in [2.24, 2.45) is 0 Å². The Morgan fingerprint density at radius 3 is 2.23 bits per heavy atom. The maximum absolute atomic E-state index is 12.1. The number of amides is 2. The fourth-order valence-corrected chi connectivity index (χ4v) is 4.28. The minimum atomic E-state index is -4.67. The van der Waals surface area contributed by atoms with Crippen LogP contribution in [0.1, 0.15) is 49.6 Å². The van der Waals surface area contributed by atoms with Crippen molar-refractivity contribution in [3.8, 4) is 5.75 Å². The van der Waals surface area contributed by atoms with Crippen molar-refractivity contribution < 1.29 is 51.3 Å². The second kappa shape index (κ2) is 14.0. The van der Waals surface area contributed by atoms with Gasteiger partial charge in [0.1, 0.15) is 17.1 Å². The minimum absolute atomic E-state index is 0.00971. The highest BCUT2D eigenvalue weighted by molar-refractivity contribution is 8.16. The van der Waals surface area contributed by atoms with E-state index in [2.05, 4.69) is 10.3 Å². The molecule has 2 aromatic rings. The third-order valence-corrected chi connectivity index (χ3v) is 6.35. The number of aromatic nitrogens is 1. The smallest absolute Gasteiger partial charge is 0.394 e. The van der Waals surface area contributed by atoms with Crippen molar-refractivity contribution in [2.75, 3.05) is 6.61 Å². The standard InChI is InChI=1S/C24H26N2O7S.H2O4S/c1-3-17-7-6-16(13-25-17)19(33-21(29)11-10-20(27)28)14-32-18-8-4-15(5-9-18)12-24(2)22(30)26-23(31)34-24;1-5(2,3)4/h4-9,13,19H,3,10-12,14H2,1-2H3,(H,27,28)(H,26,30,31);(H2,1,2,3,4)/t19-,24?;/m1./s1. The number of rotatable bonds is 11. The first-order chi connectivity index (χ1) is 18.2. The quantitative estimate of drug-likeness (QED) is 0.222. The molecule has 0 bridgehead atoms. The summed E-state index contributed by atoms with van der Waals surface area (Å²) in [4.78, 5) is 50.8. The molecular formula is C24H28N2O11S2. The molecule has 1 unspecified atom stereocenters. The number of benzene rings is 1. The van der Waals surface area contributed by atoms with E-state index in [1.54, 1.807) is 31.3 Å². The fraction of sp³-hybridized carbons (Fsp3) is 0.375. The zero-order chi connectivity index (χ0) is 29.2. The van der Waals surface area contributed by atoms with Gasteiger partial charge in [0.25, 0.3) is 5.24 Å². The summed E-state index contributed by atoms with van der Waals surface area (Å²) in [6.07, 6.45) is 1.44. The number of ether oxygens (including phenoxy) is 2. The monoisotopic (exact) mass is 584 g/mol. The Hall–Kier alpha value is -3.53. The number of carboxylic acid groups (broad SMARTS) is 1. The van der Waals surface area contributed by atoms with Gasteiger partial charge in [0.2, 0.25) is 5.91 Å². The Morgan fingerprint density at radius 1 is 1.10 bits per heavy atom. The molecule has 2 heterocycles. The normalized spacial score (nSPS) is 17.4. The van der Waals surface area contributed by atoms with Crippen molar-refractivity contribution in [1.82, 2.24) is 10.3 Å². The van der Waals surface area contributed by atoms with Crippen LogP contribution in [0.2, 0.25) is 0 Å². The maximum atomic E-state index is 12.1. The Kier molecular flexibility index (Phi) is 11.4. The molecule has 1 saturated heterocycles. The average Bonchev–Trinajstić information content (AvgIpc) is 3.10. The highest BCUT2D eigenvalue weighted by atomic mass is 32.3. The molecule has 1 aromatic heterocycles. The van der Waals surface area contributed by atoms with Crippen LogP contribution in [0.15, 0.2) is 42.6 Å². The molecule has 2 atom stereocenters. The molecule has 13 nitrogen and oxygen atoms in total. The van der Waals surface area contributed by atoms with E-state index in [0.29, 0.717) is 17.7 Å². The number of aryl methyl sites for hydroxylation is 1. The second-order valence-electron chi connectivity index (χ2n) is 8.46. The number of nitrogens with one attached hydrogen (secondary N) is 1. The second-order valence-corrected chi connectivity index (χ2v) is 10.8. The molecule has 3 rings (SSSR count). The molecule has 1 fully saturated rings. The highest BCUT2D eigenvalue weighted by Gasteiger charge is 2.43. The zero-order valence-corrected chi connectivity index (χ0v) is 22.7. The molecular weight excluding hydrogens is 556 g/mol. The lowest BCUT2D eigenvalue weighted by molar-refractivity contribution is -0.153. The zero-order valence-electron chi connectivity index (χ0n) is 21.0. The van der Waals surface area contributed by atoms with Crippen LogP contribution in [0.4, 0.5) is 4.79 Å². The molecule has 0 aliphatic carbocycles. The number of esters is 1. The lowest BCUT2D eigenvalue weighted by atomic mass is 9.99. The van der Waals surface area contributed by atoms with Crippen molar-refractivity contribution in [2.45, 2.75) is 50.4 Å². The number of hydrogen-bond acceptors (Lipinski definition) is 10. The van der Waals surface area contributed by atoms with Gasteiger partial charge >= 0.3 is 22.3 Å². The summed E-state index contributed by atoms with van der Waals surface area (Å²) in [6.45, 7) is 3.72. The van der Waals surface area contributed by atoms with Crippen LogP contribution in [0, 0.1) is 0 Å². The first-order valence-electron chi connectivity index (χ1n) is 11.5. The number of carbonyl (C=O) groups is 4. The first-order valence-corrected chi connectivity index (χ1v) is 13.7. The molecule has 0 spiro atoms. The summed E-state index contributed by atoms with van der Waals surface area (Å²) in [6, 6.07) is 10.7. The van der Waals surface area contributed by atoms with E-state index < -0.39 is 33.2 Å². The van der Waals surface area contributed by atoms with Crippen LogP contribution in [0.3, 0.4) is 0 Å². The van der Waals surface area contributed by atoms with Gasteiger partial charge in [-0.05, 0) is 55.3 Å². The van der Waals surface area contributed by atoms with Crippen LogP contribution in [0.5, 0.6) is 5.75 Å². The van der Waals surface area contributed by atoms with E-state index >= 15 is 0 Å². The van der Waals surface area contributed by atoms with Gasteiger partial charge in [0.15, 0.2) is 6.10 Å². The molecule has 1 aliphatic rings. The van der Waals surface area contributed by atoms with Gasteiger partial charge in [-0.1, -0.05) is 25.1 Å². The summed E-state index contributed by atoms with van der Waals surface area (Å²) in [7, 11) is -4.67. The molecule has 212 valence electrons. The first kappa shape index (κ1) is 31.7. The van der Waals surface area contributed by atoms with Crippen molar-refractivity contribution >= 4 is 45.2 Å². The number of aliphatic carboxylic acids is 1. The molecule has 4 N–H and O–H groups in total. The molecule has 0 radical (unpaired) electrons. The molecule has 1 aromatic carbocycles. The summed E-state index contributed by atoms with van der Waals surface area (Å²) in [5.74, 6) is -1.50. The minimum Gasteiger partial charge on any atom is -0.489 e. The average molecular weight is 585 g/mol. The number of carboxylic acids is 1. The molecule has 2 amide bonds. The maximum Gasteiger partial charge on any atom is 0.394 e. The van der Waals surface area contributed by atoms with Gasteiger partial charge in [-0.15, -0.1) is 0 Å². The van der Waals surface area contributed by atoms with Gasteiger partial charge in [-0.3, -0.25) is 38.6 Å². The third-order valence-electron chi connectivity index (χ3n) is 5.28. The van der Waals surface area contributed by atoms with Crippen LogP contribution >= 0.6 is 11.8 Å². The number of hydrogen-bond donors (Lipinski definition) is 4. The Labute approximate surface area is 228 Å². The number of nitrogens with zero attached hydrogens (tertiary/aromatic N) is 1. The van der Waals surface area contributed by atoms with Gasteiger partial charge < -0.3 is 14.6 Å². The highest BCUT2D eigenvalue weighted by Crippen LogP contribution is 2.35. The Bertz CT molecular complexity index is 1270. The van der Waals surface area contributed by atoms with Crippen LogP contribution in [0.25, 0.3) is 0 Å². The lowest BCUT2D eigenvalue weighted by Gasteiger charge is -2.20. The van der Waals surface area contributed by atoms with Gasteiger partial charge in [0, 0.05) is 17.5 Å². The largest absolute Gasteiger partial charge is 0.489 e. The van der Waals surface area contributed by atoms with Crippen molar-refractivity contribution in [1.29, 1.82) is 0 Å². The lowest BCUT2D eigenvalue weighted by Crippen LogP contribution is -2.35. The van der Waals surface area contributed by atoms with E-state index in [1.807, 2.05) is 25.1 Å². The number of carbonyl (C=O) groups excluding carboxylic acids is 3. The number of thioether (sulfide) groups is 1. The van der Waals surface area contributed by atoms with Crippen molar-refractivity contribution in [3.05, 3.63) is 59.4 Å². The van der Waals surface area contributed by atoms with E-state index in [-0.39, 0.29) is 30.6 Å². The van der Waals surface area contributed by atoms with E-state index in [1.165, 1.54) is 0 Å². The predicted octanol–water partition coefficient (Wildman–Crippen LogP) is 2.80. The predicted molar refractivity (Wildman–Crippen MR) is 139 cm³/mol. The van der Waals surface area contributed by atoms with Gasteiger partial charge in [0.05, 0.1) is 12.8 Å². The Morgan fingerprint density at radius 2 is 1.74 bits per heavy atom. The van der Waals surface area contributed by atoms with Gasteiger partial charge in [-0.25, -0.2) is 0 Å². The summed E-state index contributed by atoms with van der Waals surface area (Å²) in [5.41, 5.74) is 2.39. The molecule has 15 heteroatoms. The molecule has 0 saturated carbocycles. The van der Waals surface area contributed by atoms with Crippen LogP contribution in [-0.2, 0) is 42.4 Å². The molecule has 39 heavy (non-hydrogen) atoms. The van der Waals surface area contributed by atoms with Crippen molar-refractivity contribution in [3.63, 3.8) is 0 Å². The summed E-state index contributed by atoms with van der Waals surface area (Å²) >= 11 is 0.979.